The Morgan fingerprint density at radius 2 is 2.25 bits per heavy atom. The van der Waals surface area contributed by atoms with Crippen molar-refractivity contribution in [2.45, 2.75) is 25.7 Å². The maximum absolute atomic E-state index is 5.71. The number of para-hydroxylation sites is 1. The Labute approximate surface area is 118 Å². The van der Waals surface area contributed by atoms with Gasteiger partial charge in [0.25, 0.3) is 0 Å². The van der Waals surface area contributed by atoms with E-state index in [2.05, 4.69) is 23.1 Å². The molecule has 2 N–H and O–H groups in total. The smallest absolute Gasteiger partial charge is 0.226 e. The van der Waals surface area contributed by atoms with Crippen molar-refractivity contribution in [2.75, 3.05) is 13.2 Å². The Bertz CT molecular complexity index is 578. The van der Waals surface area contributed by atoms with Crippen molar-refractivity contribution in [2.24, 2.45) is 11.7 Å². The lowest BCUT2D eigenvalue weighted by Gasteiger charge is -2.07. The average Bonchev–Trinajstić information content (AvgIpc) is 3.11. The fourth-order valence-corrected chi connectivity index (χ4v) is 2.51. The van der Waals surface area contributed by atoms with Crippen LogP contribution in [0.25, 0.3) is 0 Å². The summed E-state index contributed by atoms with van der Waals surface area (Å²) in [5.41, 5.74) is 6.84. The Hall–Kier alpha value is -1.88. The number of rotatable bonds is 5. The van der Waals surface area contributed by atoms with Crippen LogP contribution in [-0.2, 0) is 6.42 Å². The summed E-state index contributed by atoms with van der Waals surface area (Å²) >= 11 is 0. The minimum atomic E-state index is 0.0710. The molecule has 1 aliphatic rings. The highest BCUT2D eigenvalue weighted by Gasteiger charge is 2.29. The zero-order chi connectivity index (χ0) is 13.9. The van der Waals surface area contributed by atoms with Crippen LogP contribution in [0.2, 0.25) is 0 Å². The normalized spacial score (nSPS) is 18.6. The van der Waals surface area contributed by atoms with Crippen molar-refractivity contribution < 1.29 is 9.26 Å². The molecular formula is C15H19N3O2. The highest BCUT2D eigenvalue weighted by Crippen LogP contribution is 2.36. The van der Waals surface area contributed by atoms with Crippen LogP contribution in [0.4, 0.5) is 0 Å². The van der Waals surface area contributed by atoms with Gasteiger partial charge in [-0.25, -0.2) is 0 Å². The molecule has 106 valence electrons. The van der Waals surface area contributed by atoms with Crippen LogP contribution in [0.3, 0.4) is 0 Å². The lowest BCUT2D eigenvalue weighted by Crippen LogP contribution is -2.16. The molecule has 0 fully saturated rings. The summed E-state index contributed by atoms with van der Waals surface area (Å²) in [7, 11) is 0. The molecule has 0 saturated heterocycles. The van der Waals surface area contributed by atoms with Crippen molar-refractivity contribution in [1.82, 2.24) is 10.1 Å². The van der Waals surface area contributed by atoms with E-state index in [9.17, 15) is 0 Å². The summed E-state index contributed by atoms with van der Waals surface area (Å²) in [6.45, 7) is 3.34. The minimum Gasteiger partial charge on any atom is -0.492 e. The van der Waals surface area contributed by atoms with Crippen molar-refractivity contribution in [3.05, 3.63) is 41.5 Å². The van der Waals surface area contributed by atoms with Gasteiger partial charge in [0.1, 0.15) is 12.4 Å². The first kappa shape index (κ1) is 13.1. The summed E-state index contributed by atoms with van der Waals surface area (Å²) in [4.78, 5) is 4.51. The number of fused-ring (bicyclic) bond motifs is 1. The quantitative estimate of drug-likeness (QED) is 0.903. The molecule has 1 aliphatic heterocycles. The number of hydrogen-bond acceptors (Lipinski definition) is 5. The molecule has 3 rings (SSSR count). The van der Waals surface area contributed by atoms with Gasteiger partial charge in [0.15, 0.2) is 5.82 Å². The molecule has 0 spiro atoms. The van der Waals surface area contributed by atoms with Crippen LogP contribution in [0.15, 0.2) is 28.8 Å². The van der Waals surface area contributed by atoms with E-state index >= 15 is 0 Å². The van der Waals surface area contributed by atoms with Crippen LogP contribution < -0.4 is 10.5 Å². The average molecular weight is 273 g/mol. The van der Waals surface area contributed by atoms with Gasteiger partial charge in [-0.2, -0.15) is 4.98 Å². The van der Waals surface area contributed by atoms with Crippen LogP contribution in [0.1, 0.15) is 36.5 Å². The van der Waals surface area contributed by atoms with Crippen molar-refractivity contribution >= 4 is 0 Å². The molecule has 2 aromatic rings. The van der Waals surface area contributed by atoms with Crippen molar-refractivity contribution in [1.29, 1.82) is 0 Å². The van der Waals surface area contributed by atoms with Gasteiger partial charge in [-0.1, -0.05) is 36.7 Å². The van der Waals surface area contributed by atoms with Crippen LogP contribution in [0, 0.1) is 5.92 Å². The molecule has 5 heteroatoms. The number of benzene rings is 1. The molecule has 0 amide bonds. The number of aromatic nitrogens is 2. The van der Waals surface area contributed by atoms with Crippen LogP contribution in [-0.4, -0.2) is 23.3 Å². The summed E-state index contributed by atoms with van der Waals surface area (Å²) in [5, 5.41) is 4.11. The third-order valence-electron chi connectivity index (χ3n) is 3.87. The van der Waals surface area contributed by atoms with E-state index < -0.39 is 0 Å². The maximum Gasteiger partial charge on any atom is 0.226 e. The Kier molecular flexibility index (Phi) is 3.69. The Balaban J connectivity index is 1.78. The van der Waals surface area contributed by atoms with Gasteiger partial charge in [-0.3, -0.25) is 0 Å². The van der Waals surface area contributed by atoms with E-state index in [1.165, 1.54) is 0 Å². The summed E-state index contributed by atoms with van der Waals surface area (Å²) in [6.07, 6.45) is 1.76. The molecule has 0 radical (unpaired) electrons. The second-order valence-electron chi connectivity index (χ2n) is 5.16. The zero-order valence-corrected chi connectivity index (χ0v) is 11.6. The number of nitrogens with two attached hydrogens (primary N) is 1. The lowest BCUT2D eigenvalue weighted by atomic mass is 10.0. The van der Waals surface area contributed by atoms with Gasteiger partial charge in [-0.05, 0) is 18.5 Å². The SMILES string of the molecule is CCC(CN)Cc1nc(C2COc3ccccc32)no1. The second-order valence-corrected chi connectivity index (χ2v) is 5.16. The lowest BCUT2D eigenvalue weighted by molar-refractivity contribution is 0.327. The first-order valence-electron chi connectivity index (χ1n) is 7.06. The van der Waals surface area contributed by atoms with Crippen molar-refractivity contribution in [3.8, 4) is 5.75 Å². The van der Waals surface area contributed by atoms with Gasteiger partial charge in [0.2, 0.25) is 5.89 Å². The summed E-state index contributed by atoms with van der Waals surface area (Å²) < 4.78 is 11.0. The topological polar surface area (TPSA) is 74.2 Å². The molecule has 20 heavy (non-hydrogen) atoms. The fourth-order valence-electron chi connectivity index (χ4n) is 2.51. The largest absolute Gasteiger partial charge is 0.492 e. The van der Waals surface area contributed by atoms with E-state index in [1.807, 2.05) is 18.2 Å². The maximum atomic E-state index is 5.71. The highest BCUT2D eigenvalue weighted by atomic mass is 16.5. The monoisotopic (exact) mass is 273 g/mol. The predicted molar refractivity (Wildman–Crippen MR) is 74.6 cm³/mol. The molecule has 5 nitrogen and oxygen atoms in total. The van der Waals surface area contributed by atoms with E-state index in [-0.39, 0.29) is 5.92 Å². The van der Waals surface area contributed by atoms with E-state index in [1.54, 1.807) is 0 Å². The van der Waals surface area contributed by atoms with Crippen LogP contribution in [0.5, 0.6) is 5.75 Å². The molecule has 2 atom stereocenters. The van der Waals surface area contributed by atoms with E-state index in [0.717, 1.165) is 24.2 Å². The van der Waals surface area contributed by atoms with Gasteiger partial charge < -0.3 is 15.0 Å². The molecule has 0 aliphatic carbocycles. The minimum absolute atomic E-state index is 0.0710. The molecule has 1 aromatic heterocycles. The molecule has 1 aromatic carbocycles. The molecule has 2 heterocycles. The van der Waals surface area contributed by atoms with Gasteiger partial charge in [-0.15, -0.1) is 0 Å². The highest BCUT2D eigenvalue weighted by molar-refractivity contribution is 5.42. The zero-order valence-electron chi connectivity index (χ0n) is 11.6. The van der Waals surface area contributed by atoms with Crippen molar-refractivity contribution in [3.63, 3.8) is 0 Å². The number of nitrogens with zero attached hydrogens (tertiary/aromatic N) is 2. The third kappa shape index (κ3) is 2.41. The second kappa shape index (κ2) is 5.63. The molecule has 2 unspecified atom stereocenters. The molecular weight excluding hydrogens is 254 g/mol. The Morgan fingerprint density at radius 3 is 3.05 bits per heavy atom. The van der Waals surface area contributed by atoms with Gasteiger partial charge >= 0.3 is 0 Å². The van der Waals surface area contributed by atoms with E-state index in [0.29, 0.717) is 30.8 Å². The van der Waals surface area contributed by atoms with Crippen LogP contribution >= 0.6 is 0 Å². The summed E-state index contributed by atoms with van der Waals surface area (Å²) in [6, 6.07) is 7.99. The van der Waals surface area contributed by atoms with E-state index in [4.69, 9.17) is 15.0 Å². The number of hydrogen-bond donors (Lipinski definition) is 1. The van der Waals surface area contributed by atoms with Gasteiger partial charge in [0.05, 0.1) is 5.92 Å². The standard InChI is InChI=1S/C15H19N3O2/c1-2-10(8-16)7-14-17-15(18-20-14)12-9-19-13-6-4-3-5-11(12)13/h3-6,10,12H,2,7-9,16H2,1H3. The first-order chi connectivity index (χ1) is 9.81. The first-order valence-corrected chi connectivity index (χ1v) is 7.06. The summed E-state index contributed by atoms with van der Waals surface area (Å²) in [5.74, 6) is 2.76. The fraction of sp³-hybridized carbons (Fsp3) is 0.467. The Morgan fingerprint density at radius 1 is 1.40 bits per heavy atom. The molecule has 0 saturated carbocycles. The predicted octanol–water partition coefficient (Wildman–Crippen LogP) is 2.12. The van der Waals surface area contributed by atoms with Gasteiger partial charge in [0, 0.05) is 12.0 Å². The molecule has 0 bridgehead atoms. The number of ether oxygens (including phenoxy) is 1. The third-order valence-corrected chi connectivity index (χ3v) is 3.87.